The number of rotatable bonds is 31. The van der Waals surface area contributed by atoms with E-state index in [0.29, 0.717) is 42.0 Å². The molecule has 0 saturated carbocycles. The van der Waals surface area contributed by atoms with Crippen molar-refractivity contribution in [1.29, 1.82) is 0 Å². The summed E-state index contributed by atoms with van der Waals surface area (Å²) in [5, 5.41) is 32.4. The number of aliphatic carboxylic acids is 2. The molecule has 1 heterocycles. The third-order valence-corrected chi connectivity index (χ3v) is 10.8. The molecule has 11 N–H and O–H groups in total. The second kappa shape index (κ2) is 29.8. The summed E-state index contributed by atoms with van der Waals surface area (Å²) in [6.45, 7) is 3.92. The smallest absolute Gasteiger partial charge is 0.323 e. The SMILES string of the molecule is CC(N)=NCCC[C@H](NC(=O)[C@H](CCC(=O)O)CC(=O)[C@H](CCC(=O)O)NC(=O)[C@H](CCCCNC(=O)/C=C/c1cccnc1)CC(=O)Cc1ccc(NC(=O)Nc2ccccc2C)cc1)C(N)=O. The number of benzene rings is 2. The molecule has 0 fully saturated rings. The minimum atomic E-state index is -1.45. The third kappa shape index (κ3) is 22.5. The second-order valence-electron chi connectivity index (χ2n) is 16.5. The number of nitrogens with two attached hydrogens (primary N) is 2. The van der Waals surface area contributed by atoms with Crippen LogP contribution < -0.4 is 38.1 Å². The van der Waals surface area contributed by atoms with Gasteiger partial charge < -0.3 is 48.3 Å². The maximum absolute atomic E-state index is 14.1. The molecule has 6 amide bonds. The van der Waals surface area contributed by atoms with Gasteiger partial charge in [-0.3, -0.25) is 48.3 Å². The van der Waals surface area contributed by atoms with Crippen LogP contribution in [0.1, 0.15) is 94.2 Å². The molecule has 0 unspecified atom stereocenters. The van der Waals surface area contributed by atoms with Gasteiger partial charge in [-0.25, -0.2) is 4.79 Å². The average Bonchev–Trinajstić information content (AvgIpc) is 3.30. The lowest BCUT2D eigenvalue weighted by Crippen LogP contribution is -2.48. The molecule has 0 spiro atoms. The van der Waals surface area contributed by atoms with E-state index in [0.717, 1.165) is 11.1 Å². The number of hydrogen-bond acceptors (Lipinski definition) is 11. The first-order valence-corrected chi connectivity index (χ1v) is 22.6. The summed E-state index contributed by atoms with van der Waals surface area (Å²) in [6, 6.07) is 14.2. The Morgan fingerprint density at radius 1 is 0.739 bits per heavy atom. The van der Waals surface area contributed by atoms with Gasteiger partial charge in [0.2, 0.25) is 23.6 Å². The van der Waals surface area contributed by atoms with Crippen molar-refractivity contribution in [1.82, 2.24) is 20.9 Å². The number of nitrogens with one attached hydrogen (secondary N) is 5. The van der Waals surface area contributed by atoms with Gasteiger partial charge in [0.15, 0.2) is 5.78 Å². The van der Waals surface area contributed by atoms with Gasteiger partial charge in [-0.05, 0) is 99.4 Å². The predicted octanol–water partition coefficient (Wildman–Crippen LogP) is 4.07. The third-order valence-electron chi connectivity index (χ3n) is 10.8. The van der Waals surface area contributed by atoms with Crippen LogP contribution in [0.3, 0.4) is 0 Å². The first-order valence-electron chi connectivity index (χ1n) is 22.6. The molecule has 2 aromatic carbocycles. The summed E-state index contributed by atoms with van der Waals surface area (Å²) >= 11 is 0. The number of carboxylic acids is 2. The highest BCUT2D eigenvalue weighted by atomic mass is 16.4. The van der Waals surface area contributed by atoms with Crippen molar-refractivity contribution >= 4 is 76.5 Å². The molecule has 3 aromatic rings. The van der Waals surface area contributed by atoms with E-state index in [9.17, 15) is 53.4 Å². The van der Waals surface area contributed by atoms with Crippen molar-refractivity contribution in [3.8, 4) is 0 Å². The highest BCUT2D eigenvalue weighted by Gasteiger charge is 2.32. The van der Waals surface area contributed by atoms with Gasteiger partial charge in [0, 0.05) is 86.9 Å². The van der Waals surface area contributed by atoms with Crippen LogP contribution in [0.4, 0.5) is 16.2 Å². The Labute approximate surface area is 400 Å². The number of urea groups is 1. The van der Waals surface area contributed by atoms with Gasteiger partial charge in [0.25, 0.3) is 0 Å². The number of nitrogens with zero attached hydrogens (tertiary/aromatic N) is 2. The van der Waals surface area contributed by atoms with Crippen molar-refractivity contribution in [2.24, 2.45) is 28.3 Å². The molecule has 69 heavy (non-hydrogen) atoms. The van der Waals surface area contributed by atoms with Crippen molar-refractivity contribution in [2.75, 3.05) is 23.7 Å². The zero-order valence-corrected chi connectivity index (χ0v) is 38.9. The summed E-state index contributed by atoms with van der Waals surface area (Å²) in [5.41, 5.74) is 14.4. The van der Waals surface area contributed by atoms with Crippen LogP contribution in [-0.2, 0) is 44.8 Å². The van der Waals surface area contributed by atoms with E-state index in [-0.39, 0.29) is 63.3 Å². The van der Waals surface area contributed by atoms with Gasteiger partial charge in [0.05, 0.1) is 11.9 Å². The number of ketones is 2. The summed E-state index contributed by atoms with van der Waals surface area (Å²) in [6.07, 6.45) is 4.63. The Morgan fingerprint density at radius 3 is 2.04 bits per heavy atom. The molecule has 20 nitrogen and oxygen atoms in total. The van der Waals surface area contributed by atoms with E-state index in [1.54, 1.807) is 73.9 Å². The van der Waals surface area contributed by atoms with Crippen molar-refractivity contribution in [2.45, 2.75) is 103 Å². The monoisotopic (exact) mass is 953 g/mol. The summed E-state index contributed by atoms with van der Waals surface area (Å²) in [7, 11) is 0. The number of amides is 6. The van der Waals surface area contributed by atoms with E-state index in [1.807, 2.05) is 19.1 Å². The first kappa shape index (κ1) is 55.6. The molecular weight excluding hydrogens is 891 g/mol. The molecular formula is C49H63N9O11. The number of para-hydroxylation sites is 1. The molecule has 20 heteroatoms. The summed E-state index contributed by atoms with van der Waals surface area (Å²) < 4.78 is 0. The van der Waals surface area contributed by atoms with Crippen molar-refractivity contribution < 1.29 is 53.4 Å². The van der Waals surface area contributed by atoms with Gasteiger partial charge in [-0.15, -0.1) is 0 Å². The number of carboxylic acid groups (broad SMARTS) is 2. The van der Waals surface area contributed by atoms with Crippen LogP contribution in [0.25, 0.3) is 6.08 Å². The lowest BCUT2D eigenvalue weighted by atomic mass is 9.89. The van der Waals surface area contributed by atoms with Crippen LogP contribution in [0.5, 0.6) is 0 Å². The molecule has 0 aliphatic rings. The van der Waals surface area contributed by atoms with Gasteiger partial charge in [0.1, 0.15) is 11.8 Å². The van der Waals surface area contributed by atoms with E-state index >= 15 is 0 Å². The first-order chi connectivity index (χ1) is 32.9. The molecule has 370 valence electrons. The number of aliphatic imine (C=N–C) groups is 1. The maximum atomic E-state index is 14.1. The molecule has 0 radical (unpaired) electrons. The van der Waals surface area contributed by atoms with E-state index in [2.05, 4.69) is 36.6 Å². The van der Waals surface area contributed by atoms with Gasteiger partial charge >= 0.3 is 18.0 Å². The molecule has 4 atom stereocenters. The molecule has 3 rings (SSSR count). The van der Waals surface area contributed by atoms with E-state index in [4.69, 9.17) is 11.5 Å². The van der Waals surface area contributed by atoms with Crippen LogP contribution in [0.2, 0.25) is 0 Å². The van der Waals surface area contributed by atoms with Crippen LogP contribution in [-0.4, -0.2) is 99.4 Å². The van der Waals surface area contributed by atoms with Crippen molar-refractivity contribution in [3.63, 3.8) is 0 Å². The molecule has 0 bridgehead atoms. The molecule has 0 saturated heterocycles. The lowest BCUT2D eigenvalue weighted by Gasteiger charge is -2.24. The van der Waals surface area contributed by atoms with Gasteiger partial charge in [-0.1, -0.05) is 42.8 Å². The molecule has 0 aliphatic heterocycles. The number of primary amides is 1. The number of unbranched alkanes of at least 4 members (excludes halogenated alkanes) is 1. The Bertz CT molecular complexity index is 2300. The maximum Gasteiger partial charge on any atom is 0.323 e. The molecule has 1 aromatic heterocycles. The number of Topliss-reactive ketones (excluding diaryl/α,β-unsaturated/α-hetero) is 2. The van der Waals surface area contributed by atoms with E-state index < -0.39 is 84.7 Å². The lowest BCUT2D eigenvalue weighted by molar-refractivity contribution is -0.140. The number of carbonyl (C=O) groups excluding carboxylic acids is 7. The summed E-state index contributed by atoms with van der Waals surface area (Å²) in [5.74, 6) is -8.46. The summed E-state index contributed by atoms with van der Waals surface area (Å²) in [4.78, 5) is 124. The normalized spacial score (nSPS) is 13.0. The van der Waals surface area contributed by atoms with Crippen LogP contribution in [0.15, 0.2) is 84.1 Å². The minimum Gasteiger partial charge on any atom is -0.481 e. The second-order valence-corrected chi connectivity index (χ2v) is 16.5. The largest absolute Gasteiger partial charge is 0.481 e. The Kier molecular flexibility index (Phi) is 24.0. The minimum absolute atomic E-state index is 0.0701. The fourth-order valence-electron chi connectivity index (χ4n) is 7.04. The number of aryl methyl sites for hydroxylation is 1. The number of aromatic nitrogens is 1. The van der Waals surface area contributed by atoms with Crippen LogP contribution >= 0.6 is 0 Å². The van der Waals surface area contributed by atoms with E-state index in [1.165, 1.54) is 6.08 Å². The highest BCUT2D eigenvalue weighted by molar-refractivity contribution is 6.00. The number of amidine groups is 1. The number of hydrogen-bond donors (Lipinski definition) is 9. The van der Waals surface area contributed by atoms with Crippen LogP contribution in [0, 0.1) is 18.8 Å². The topological polar surface area (TPSA) is 332 Å². The number of anilines is 2. The number of pyridine rings is 1. The van der Waals surface area contributed by atoms with Gasteiger partial charge in [-0.2, -0.15) is 0 Å². The predicted molar refractivity (Wildman–Crippen MR) is 259 cm³/mol. The highest BCUT2D eigenvalue weighted by Crippen LogP contribution is 2.21. The molecule has 0 aliphatic carbocycles. The fraction of sp³-hybridized carbons (Fsp3) is 0.408. The zero-order valence-electron chi connectivity index (χ0n) is 38.9. The Balaban J connectivity index is 1.76. The Morgan fingerprint density at radius 2 is 1.41 bits per heavy atom. The average molecular weight is 954 g/mol. The fourth-order valence-corrected chi connectivity index (χ4v) is 7.04. The zero-order chi connectivity index (χ0) is 50.7. The quantitative estimate of drug-likeness (QED) is 0.0190. The number of carbonyl (C=O) groups is 9. The Hall–Kier alpha value is -7.77. The van der Waals surface area contributed by atoms with Crippen molar-refractivity contribution in [3.05, 3.63) is 95.8 Å². The standard InChI is InChI=1S/C49H63N9O11/c1-31-9-3-4-12-39(31)58-49(69)55-37-18-14-33(15-19-37)27-38(59)28-35(11-5-6-25-54-43(61)21-16-34-10-7-24-52-30-34)47(67)56-40(20-23-45(64)65)42(60)29-36(17-22-44(62)63)48(68)57-41(46(51)66)13-8-26-53-32(2)50/h3-4,7,9-10,12,14-16,18-19,21,24,30,35-36,40-41H,5-6,8,11,13,17,20,22-23,25-29H2,1-2H3,(H2,50,53)(H2,51,66)(H,54,61)(H,56,67)(H,57,68)(H,62,63)(H,64,65)(H2,55,58,69)/b21-16+/t35-,36-,40+,41+/m1/s1.